The maximum absolute atomic E-state index is 11.6. The molecule has 0 heterocycles. The average Bonchev–Trinajstić information content (AvgIpc) is 2.43. The monoisotopic (exact) mass is 458 g/mol. The van der Waals surface area contributed by atoms with Crippen molar-refractivity contribution >= 4 is 63.1 Å². The van der Waals surface area contributed by atoms with E-state index in [4.69, 9.17) is 27.9 Å². The summed E-state index contributed by atoms with van der Waals surface area (Å²) in [5.41, 5.74) is -1.67. The summed E-state index contributed by atoms with van der Waals surface area (Å²) in [4.78, 5) is 31.6. The predicted octanol–water partition coefficient (Wildman–Crippen LogP) is 3.29. The largest absolute Gasteiger partial charge is 0.452 e. The zero-order valence-corrected chi connectivity index (χ0v) is 14.1. The van der Waals surface area contributed by atoms with Crippen molar-refractivity contribution in [2.24, 2.45) is 0 Å². The molecule has 1 rings (SSSR count). The molecule has 8 nitrogen and oxygen atoms in total. The fourth-order valence-electron chi connectivity index (χ4n) is 1.42. The van der Waals surface area contributed by atoms with Gasteiger partial charge in [-0.25, -0.2) is 0 Å². The second-order valence-electron chi connectivity index (χ2n) is 3.64. The molecule has 1 aromatic carbocycles. The highest BCUT2D eigenvalue weighted by Gasteiger charge is 2.29. The maximum atomic E-state index is 11.6. The van der Waals surface area contributed by atoms with Gasteiger partial charge in [0, 0.05) is 28.2 Å². The molecule has 0 saturated heterocycles. The Morgan fingerprint density at radius 2 is 1.73 bits per heavy atom. The molecule has 0 saturated carbocycles. The third-order valence-corrected chi connectivity index (χ3v) is 3.56. The van der Waals surface area contributed by atoms with E-state index in [1.165, 1.54) is 0 Å². The van der Waals surface area contributed by atoms with Gasteiger partial charge in [0.25, 0.3) is 11.4 Å². The summed E-state index contributed by atoms with van der Waals surface area (Å²) in [6.07, 6.45) is -0.552. The molecule has 0 aromatic heterocycles. The first-order valence-electron chi connectivity index (χ1n) is 5.33. The Kier molecular flexibility index (Phi) is 6.79. The van der Waals surface area contributed by atoms with Crippen LogP contribution in [0.15, 0.2) is 6.07 Å². The quantitative estimate of drug-likeness (QED) is 0.220. The number of esters is 1. The standard InChI is InChI=1S/C11H5Cl2IN2O6/c12-10-6(4-9(17)22-3-1-2-14)11(13)8(16(20)21)5-7(10)15(18)19/h5H,3-4H2. The van der Waals surface area contributed by atoms with E-state index in [-0.39, 0.29) is 12.2 Å². The van der Waals surface area contributed by atoms with Gasteiger partial charge in [-0.05, 0) is 3.93 Å². The minimum atomic E-state index is -0.901. The molecule has 0 fully saturated rings. The Morgan fingerprint density at radius 3 is 2.14 bits per heavy atom. The van der Waals surface area contributed by atoms with Crippen LogP contribution in [0.1, 0.15) is 5.56 Å². The third kappa shape index (κ3) is 4.43. The van der Waals surface area contributed by atoms with E-state index in [1.54, 1.807) is 22.6 Å². The van der Waals surface area contributed by atoms with Crippen LogP contribution in [-0.4, -0.2) is 22.4 Å². The minimum absolute atomic E-state index is 0.186. The van der Waals surface area contributed by atoms with Crippen molar-refractivity contribution in [3.63, 3.8) is 0 Å². The van der Waals surface area contributed by atoms with Gasteiger partial charge in [-0.2, -0.15) is 0 Å². The Morgan fingerprint density at radius 1 is 1.23 bits per heavy atom. The average molecular weight is 459 g/mol. The van der Waals surface area contributed by atoms with Crippen LogP contribution >= 0.6 is 45.8 Å². The SMILES string of the molecule is O=C(Cc1c(Cl)c([N+](=O)[O-])cc([N+](=O)[O-])c1Cl)OCC#CI. The van der Waals surface area contributed by atoms with Gasteiger partial charge in [0.15, 0.2) is 6.61 Å². The molecule has 0 spiro atoms. The predicted molar refractivity (Wildman–Crippen MR) is 86.2 cm³/mol. The molecule has 1 aromatic rings. The Balaban J connectivity index is 3.26. The third-order valence-electron chi connectivity index (χ3n) is 2.34. The number of nitro groups is 2. The molecule has 22 heavy (non-hydrogen) atoms. The summed E-state index contributed by atoms with van der Waals surface area (Å²) in [7, 11) is 0. The van der Waals surface area contributed by atoms with Crippen molar-refractivity contribution < 1.29 is 19.4 Å². The number of ether oxygens (including phenoxy) is 1. The van der Waals surface area contributed by atoms with Gasteiger partial charge in [0.1, 0.15) is 10.0 Å². The molecular formula is C11H5Cl2IN2O6. The number of nitro benzene ring substituents is 2. The maximum Gasteiger partial charge on any atom is 0.311 e. The van der Waals surface area contributed by atoms with Crippen LogP contribution < -0.4 is 0 Å². The first-order valence-corrected chi connectivity index (χ1v) is 7.16. The van der Waals surface area contributed by atoms with Crippen LogP contribution in [0.4, 0.5) is 11.4 Å². The van der Waals surface area contributed by atoms with Crippen LogP contribution in [0.3, 0.4) is 0 Å². The number of halogens is 3. The molecule has 0 aliphatic rings. The summed E-state index contributed by atoms with van der Waals surface area (Å²) >= 11 is 13.4. The van der Waals surface area contributed by atoms with Gasteiger partial charge in [-0.1, -0.05) is 29.1 Å². The Bertz CT molecular complexity index is 675. The van der Waals surface area contributed by atoms with E-state index in [1.807, 2.05) is 0 Å². The zero-order chi connectivity index (χ0) is 16.9. The van der Waals surface area contributed by atoms with Crippen LogP contribution in [0.5, 0.6) is 0 Å². The van der Waals surface area contributed by atoms with E-state index >= 15 is 0 Å². The van der Waals surface area contributed by atoms with E-state index in [9.17, 15) is 25.0 Å². The van der Waals surface area contributed by atoms with Crippen LogP contribution in [0.25, 0.3) is 0 Å². The zero-order valence-electron chi connectivity index (χ0n) is 10.5. The lowest BCUT2D eigenvalue weighted by Crippen LogP contribution is -2.10. The first kappa shape index (κ1) is 18.4. The highest BCUT2D eigenvalue weighted by Crippen LogP contribution is 2.40. The van der Waals surface area contributed by atoms with Crippen molar-refractivity contribution in [3.8, 4) is 9.85 Å². The van der Waals surface area contributed by atoms with Gasteiger partial charge in [0.2, 0.25) is 0 Å². The van der Waals surface area contributed by atoms with Crippen molar-refractivity contribution in [2.45, 2.75) is 6.42 Å². The van der Waals surface area contributed by atoms with Crippen molar-refractivity contribution in [2.75, 3.05) is 6.61 Å². The number of nitrogens with zero attached hydrogens (tertiary/aromatic N) is 2. The molecule has 0 atom stereocenters. The van der Waals surface area contributed by atoms with Gasteiger partial charge < -0.3 is 4.74 Å². The van der Waals surface area contributed by atoms with Crippen LogP contribution in [0, 0.1) is 30.1 Å². The molecule has 116 valence electrons. The fourth-order valence-corrected chi connectivity index (χ4v) is 2.20. The smallest absolute Gasteiger partial charge is 0.311 e. The lowest BCUT2D eigenvalue weighted by molar-refractivity contribution is -0.394. The van der Waals surface area contributed by atoms with Crippen LogP contribution in [0.2, 0.25) is 10.0 Å². The second kappa shape index (κ2) is 8.11. The van der Waals surface area contributed by atoms with Crippen molar-refractivity contribution in [1.82, 2.24) is 0 Å². The summed E-state index contributed by atoms with van der Waals surface area (Å²) in [5, 5.41) is 20.9. The summed E-state index contributed by atoms with van der Waals surface area (Å²) in [5.74, 6) is 1.64. The Labute approximate surface area is 147 Å². The van der Waals surface area contributed by atoms with Gasteiger partial charge in [-0.3, -0.25) is 25.0 Å². The van der Waals surface area contributed by atoms with Crippen LogP contribution in [-0.2, 0) is 16.0 Å². The lowest BCUT2D eigenvalue weighted by Gasteiger charge is -2.07. The molecule has 0 amide bonds. The summed E-state index contributed by atoms with van der Waals surface area (Å²) < 4.78 is 7.19. The highest BCUT2D eigenvalue weighted by molar-refractivity contribution is 14.1. The van der Waals surface area contributed by atoms with Crippen molar-refractivity contribution in [3.05, 3.63) is 41.9 Å². The molecule has 11 heteroatoms. The minimum Gasteiger partial charge on any atom is -0.452 e. The number of rotatable bonds is 5. The summed E-state index contributed by atoms with van der Waals surface area (Å²) in [6, 6.07) is 0.640. The van der Waals surface area contributed by atoms with E-state index in [0.29, 0.717) is 6.07 Å². The normalized spacial score (nSPS) is 9.59. The second-order valence-corrected chi connectivity index (χ2v) is 4.94. The molecule has 0 N–H and O–H groups in total. The van der Waals surface area contributed by atoms with Crippen molar-refractivity contribution in [1.29, 1.82) is 0 Å². The highest BCUT2D eigenvalue weighted by atomic mass is 127. The fraction of sp³-hybridized carbons (Fsp3) is 0.182. The lowest BCUT2D eigenvalue weighted by atomic mass is 10.1. The molecule has 0 aliphatic heterocycles. The molecule has 0 bridgehead atoms. The van der Waals surface area contributed by atoms with E-state index < -0.39 is 43.7 Å². The first-order chi connectivity index (χ1) is 10.3. The number of hydrogen-bond donors (Lipinski definition) is 0. The number of benzene rings is 1. The van der Waals surface area contributed by atoms with E-state index in [0.717, 1.165) is 0 Å². The van der Waals surface area contributed by atoms with E-state index in [2.05, 4.69) is 9.85 Å². The number of hydrogen-bond acceptors (Lipinski definition) is 6. The van der Waals surface area contributed by atoms with Gasteiger partial charge >= 0.3 is 5.97 Å². The number of carbonyl (C=O) groups excluding carboxylic acids is 1. The summed E-state index contributed by atoms with van der Waals surface area (Å²) in [6.45, 7) is -0.186. The Hall–Kier alpha value is -1.64. The molecule has 0 unspecified atom stereocenters. The number of carbonyl (C=O) groups is 1. The molecule has 0 radical (unpaired) electrons. The van der Waals surface area contributed by atoms with Gasteiger partial charge in [-0.15, -0.1) is 0 Å². The topological polar surface area (TPSA) is 113 Å². The molecule has 0 aliphatic carbocycles. The molecular weight excluding hydrogens is 454 g/mol. The van der Waals surface area contributed by atoms with Gasteiger partial charge in [0.05, 0.1) is 22.3 Å².